The second-order valence-electron chi connectivity index (χ2n) is 5.27. The Balaban J connectivity index is 2.07. The lowest BCUT2D eigenvalue weighted by Crippen LogP contribution is -2.30. The van der Waals surface area contributed by atoms with Gasteiger partial charge in [0.25, 0.3) is 17.3 Å². The molecule has 0 heterocycles. The van der Waals surface area contributed by atoms with Gasteiger partial charge in [-0.3, -0.25) is 25.0 Å². The molecule has 140 valence electrons. The zero-order valence-electron chi connectivity index (χ0n) is 13.7. The van der Waals surface area contributed by atoms with Crippen LogP contribution in [0.4, 0.5) is 17.1 Å². The number of carbonyl (C=O) groups excluding carboxylic acids is 2. The summed E-state index contributed by atoms with van der Waals surface area (Å²) in [6.07, 6.45) is -1.26. The third-order valence-corrected chi connectivity index (χ3v) is 3.68. The molecule has 1 atom stereocenters. The van der Waals surface area contributed by atoms with Crippen LogP contribution in [0.15, 0.2) is 42.5 Å². The maximum absolute atomic E-state index is 12.1. The number of rotatable bonds is 6. The molecule has 0 fully saturated rings. The number of benzene rings is 2. The molecule has 0 aliphatic rings. The summed E-state index contributed by atoms with van der Waals surface area (Å²) in [7, 11) is 0. The summed E-state index contributed by atoms with van der Waals surface area (Å²) < 4.78 is 4.97. The third kappa shape index (κ3) is 4.98. The molecule has 10 nitrogen and oxygen atoms in total. The highest BCUT2D eigenvalue weighted by Gasteiger charge is 2.22. The minimum absolute atomic E-state index is 0.145. The number of amides is 1. The van der Waals surface area contributed by atoms with Crippen molar-refractivity contribution in [3.8, 4) is 0 Å². The van der Waals surface area contributed by atoms with Crippen molar-refractivity contribution in [3.05, 3.63) is 73.3 Å². The zero-order chi connectivity index (χ0) is 20.1. The Morgan fingerprint density at radius 3 is 2.44 bits per heavy atom. The van der Waals surface area contributed by atoms with Gasteiger partial charge in [0, 0.05) is 23.9 Å². The highest BCUT2D eigenvalue weighted by atomic mass is 35.5. The molecule has 0 spiro atoms. The van der Waals surface area contributed by atoms with Crippen molar-refractivity contribution in [3.63, 3.8) is 0 Å². The number of nitrogens with zero attached hydrogens (tertiary/aromatic N) is 2. The van der Waals surface area contributed by atoms with E-state index in [0.717, 1.165) is 12.1 Å². The number of nitrogens with one attached hydrogen (secondary N) is 1. The Morgan fingerprint density at radius 2 is 1.81 bits per heavy atom. The molecule has 0 saturated carbocycles. The van der Waals surface area contributed by atoms with Crippen LogP contribution in [0, 0.1) is 20.2 Å². The highest BCUT2D eigenvalue weighted by molar-refractivity contribution is 6.32. The first-order valence-corrected chi connectivity index (χ1v) is 7.77. The summed E-state index contributed by atoms with van der Waals surface area (Å²) in [5, 5.41) is 23.8. The number of esters is 1. The van der Waals surface area contributed by atoms with Gasteiger partial charge in [-0.15, -0.1) is 0 Å². The predicted molar refractivity (Wildman–Crippen MR) is 94.7 cm³/mol. The molecule has 0 radical (unpaired) electrons. The van der Waals surface area contributed by atoms with Crippen LogP contribution in [0.25, 0.3) is 0 Å². The first-order chi connectivity index (χ1) is 12.7. The van der Waals surface area contributed by atoms with Crippen LogP contribution in [-0.4, -0.2) is 27.8 Å². The van der Waals surface area contributed by atoms with Gasteiger partial charge in [-0.25, -0.2) is 4.79 Å². The normalized spacial score (nSPS) is 11.3. The van der Waals surface area contributed by atoms with Crippen molar-refractivity contribution < 1.29 is 24.2 Å². The first-order valence-electron chi connectivity index (χ1n) is 7.39. The molecule has 0 saturated heterocycles. The predicted octanol–water partition coefficient (Wildman–Crippen LogP) is 3.34. The maximum Gasteiger partial charge on any atom is 0.339 e. The molecule has 27 heavy (non-hydrogen) atoms. The van der Waals surface area contributed by atoms with Gasteiger partial charge >= 0.3 is 5.97 Å². The molecule has 0 bridgehead atoms. The highest BCUT2D eigenvalue weighted by Crippen LogP contribution is 2.25. The Kier molecular flexibility index (Phi) is 6.03. The fourth-order valence-electron chi connectivity index (χ4n) is 2.00. The molecular formula is C16H12ClN3O7. The molecule has 1 amide bonds. The second kappa shape index (κ2) is 8.23. The number of ether oxygens (including phenoxy) is 1. The zero-order valence-corrected chi connectivity index (χ0v) is 14.5. The van der Waals surface area contributed by atoms with Gasteiger partial charge in [0.2, 0.25) is 0 Å². The van der Waals surface area contributed by atoms with Gasteiger partial charge in [-0.1, -0.05) is 17.7 Å². The molecular weight excluding hydrogens is 382 g/mol. The molecule has 2 aromatic carbocycles. The number of non-ortho nitro benzene ring substituents is 1. The SMILES string of the molecule is CC(OC(=O)c1ccc(Cl)c([N+](=O)[O-])c1)C(=O)Nc1cccc([N+](=O)[O-])c1. The van der Waals surface area contributed by atoms with Gasteiger partial charge < -0.3 is 10.1 Å². The molecule has 1 N–H and O–H groups in total. The van der Waals surface area contributed by atoms with E-state index in [9.17, 15) is 29.8 Å². The summed E-state index contributed by atoms with van der Waals surface area (Å²) >= 11 is 5.67. The minimum Gasteiger partial charge on any atom is -0.449 e. The van der Waals surface area contributed by atoms with Crippen LogP contribution < -0.4 is 5.32 Å². The van der Waals surface area contributed by atoms with Gasteiger partial charge in [0.15, 0.2) is 6.10 Å². The van der Waals surface area contributed by atoms with Gasteiger partial charge in [-0.2, -0.15) is 0 Å². The first kappa shape index (κ1) is 19.8. The lowest BCUT2D eigenvalue weighted by Gasteiger charge is -2.13. The van der Waals surface area contributed by atoms with E-state index in [1.54, 1.807) is 0 Å². The number of nitro groups is 2. The average Bonchev–Trinajstić information content (AvgIpc) is 2.61. The van der Waals surface area contributed by atoms with Gasteiger partial charge in [-0.05, 0) is 25.1 Å². The van der Waals surface area contributed by atoms with Crippen molar-refractivity contribution in [1.82, 2.24) is 0 Å². The number of halogens is 1. The Labute approximate surface area is 157 Å². The Hall–Kier alpha value is -3.53. The van der Waals surface area contributed by atoms with Crippen LogP contribution >= 0.6 is 11.6 Å². The van der Waals surface area contributed by atoms with E-state index in [4.69, 9.17) is 16.3 Å². The number of anilines is 1. The maximum atomic E-state index is 12.1. The fourth-order valence-corrected chi connectivity index (χ4v) is 2.19. The standard InChI is InChI=1S/C16H12ClN3O7/c1-9(15(21)18-11-3-2-4-12(8-11)19(23)24)27-16(22)10-5-6-13(17)14(7-10)20(25)26/h2-9H,1H3,(H,18,21). The van der Waals surface area contributed by atoms with Crippen LogP contribution in [0.3, 0.4) is 0 Å². The van der Waals surface area contributed by atoms with Gasteiger partial charge in [0.1, 0.15) is 5.02 Å². The average molecular weight is 394 g/mol. The summed E-state index contributed by atoms with van der Waals surface area (Å²) in [5.41, 5.74) is -0.689. The van der Waals surface area contributed by atoms with Crippen LogP contribution in [-0.2, 0) is 9.53 Å². The lowest BCUT2D eigenvalue weighted by atomic mass is 10.2. The molecule has 0 aliphatic carbocycles. The number of nitro benzene ring substituents is 2. The number of hydrogen-bond donors (Lipinski definition) is 1. The smallest absolute Gasteiger partial charge is 0.339 e. The second-order valence-corrected chi connectivity index (χ2v) is 5.67. The monoisotopic (exact) mass is 393 g/mol. The van der Waals surface area contributed by atoms with Crippen molar-refractivity contribution in [1.29, 1.82) is 0 Å². The molecule has 0 aromatic heterocycles. The number of carbonyl (C=O) groups is 2. The topological polar surface area (TPSA) is 142 Å². The number of hydrogen-bond acceptors (Lipinski definition) is 7. The van der Waals surface area contributed by atoms with E-state index in [2.05, 4.69) is 5.32 Å². The van der Waals surface area contributed by atoms with Crippen molar-refractivity contribution >= 4 is 40.5 Å². The van der Waals surface area contributed by atoms with E-state index in [-0.39, 0.29) is 22.0 Å². The quantitative estimate of drug-likeness (QED) is 0.450. The molecule has 2 aromatic rings. The van der Waals surface area contributed by atoms with E-state index < -0.39 is 33.5 Å². The summed E-state index contributed by atoms with van der Waals surface area (Å²) in [6, 6.07) is 8.56. The minimum atomic E-state index is -1.26. The molecule has 0 aliphatic heterocycles. The summed E-state index contributed by atoms with van der Waals surface area (Å²) in [6.45, 7) is 1.29. The molecule has 2 rings (SSSR count). The van der Waals surface area contributed by atoms with E-state index in [1.807, 2.05) is 0 Å². The summed E-state index contributed by atoms with van der Waals surface area (Å²) in [4.78, 5) is 44.4. The summed E-state index contributed by atoms with van der Waals surface area (Å²) in [5.74, 6) is -1.69. The molecule has 11 heteroatoms. The van der Waals surface area contributed by atoms with Crippen LogP contribution in [0.2, 0.25) is 5.02 Å². The Bertz CT molecular complexity index is 932. The van der Waals surface area contributed by atoms with E-state index in [1.165, 1.54) is 37.3 Å². The fraction of sp³-hybridized carbons (Fsp3) is 0.125. The third-order valence-electron chi connectivity index (χ3n) is 3.36. The van der Waals surface area contributed by atoms with E-state index >= 15 is 0 Å². The van der Waals surface area contributed by atoms with Gasteiger partial charge in [0.05, 0.1) is 15.4 Å². The van der Waals surface area contributed by atoms with E-state index in [0.29, 0.717) is 0 Å². The largest absolute Gasteiger partial charge is 0.449 e. The van der Waals surface area contributed by atoms with Crippen molar-refractivity contribution in [2.75, 3.05) is 5.32 Å². The van der Waals surface area contributed by atoms with Crippen LogP contribution in [0.1, 0.15) is 17.3 Å². The van der Waals surface area contributed by atoms with Crippen molar-refractivity contribution in [2.45, 2.75) is 13.0 Å². The lowest BCUT2D eigenvalue weighted by molar-refractivity contribution is -0.384. The van der Waals surface area contributed by atoms with Crippen LogP contribution in [0.5, 0.6) is 0 Å². The Morgan fingerprint density at radius 1 is 1.11 bits per heavy atom. The van der Waals surface area contributed by atoms with Crippen molar-refractivity contribution in [2.24, 2.45) is 0 Å². The molecule has 1 unspecified atom stereocenters.